The zero-order valence-electron chi connectivity index (χ0n) is 23.7. The zero-order chi connectivity index (χ0) is 29.2. The molecule has 3 aromatic carbocycles. The van der Waals surface area contributed by atoms with Crippen molar-refractivity contribution in [3.63, 3.8) is 0 Å². The summed E-state index contributed by atoms with van der Waals surface area (Å²) in [5.74, 6) is -0.0661. The van der Waals surface area contributed by atoms with E-state index >= 15 is 0 Å². The molecule has 8 nitrogen and oxygen atoms in total. The number of methoxy groups -OCH3 is 1. The fourth-order valence-corrected chi connectivity index (χ4v) is 6.70. The highest BCUT2D eigenvalue weighted by molar-refractivity contribution is 7.92. The van der Waals surface area contributed by atoms with E-state index in [4.69, 9.17) is 4.74 Å². The van der Waals surface area contributed by atoms with Crippen molar-refractivity contribution in [2.75, 3.05) is 24.5 Å². The van der Waals surface area contributed by atoms with Gasteiger partial charge in [-0.25, -0.2) is 8.42 Å². The van der Waals surface area contributed by atoms with Crippen LogP contribution in [0.25, 0.3) is 0 Å². The predicted molar refractivity (Wildman–Crippen MR) is 160 cm³/mol. The normalized spacial score (nSPS) is 14.3. The Labute approximate surface area is 243 Å². The molecule has 218 valence electrons. The fraction of sp³-hybridized carbons (Fsp3) is 0.375. The third-order valence-corrected chi connectivity index (χ3v) is 9.33. The van der Waals surface area contributed by atoms with Crippen LogP contribution >= 0.6 is 0 Å². The van der Waals surface area contributed by atoms with Crippen LogP contribution in [-0.4, -0.2) is 57.4 Å². The lowest BCUT2D eigenvalue weighted by Crippen LogP contribution is -2.54. The number of benzene rings is 3. The van der Waals surface area contributed by atoms with Gasteiger partial charge in [0.1, 0.15) is 18.3 Å². The molecular formula is C32H39N3O5S. The summed E-state index contributed by atoms with van der Waals surface area (Å²) in [6, 6.07) is 23.7. The number of carbonyl (C=O) groups excluding carboxylic acids is 2. The average molecular weight is 578 g/mol. The SMILES string of the molecule is CCC(C(=O)NC1CCCC1)N(CCc1ccccc1)C(=O)CN(c1ccc(OC)cc1)S(=O)(=O)c1ccccc1. The van der Waals surface area contributed by atoms with E-state index in [0.29, 0.717) is 24.3 Å². The molecule has 4 rings (SSSR count). The Morgan fingerprint density at radius 2 is 1.54 bits per heavy atom. The molecule has 41 heavy (non-hydrogen) atoms. The van der Waals surface area contributed by atoms with Crippen LogP contribution in [0.4, 0.5) is 5.69 Å². The number of anilines is 1. The highest BCUT2D eigenvalue weighted by atomic mass is 32.2. The molecule has 1 aliphatic rings. The highest BCUT2D eigenvalue weighted by Gasteiger charge is 2.34. The molecule has 1 N–H and O–H groups in total. The number of nitrogens with zero attached hydrogens (tertiary/aromatic N) is 2. The van der Waals surface area contributed by atoms with Gasteiger partial charge in [0.15, 0.2) is 0 Å². The Kier molecular flexibility index (Phi) is 10.4. The van der Waals surface area contributed by atoms with Crippen molar-refractivity contribution >= 4 is 27.5 Å². The van der Waals surface area contributed by atoms with Crippen LogP contribution < -0.4 is 14.4 Å². The molecule has 0 radical (unpaired) electrons. The number of hydrogen-bond donors (Lipinski definition) is 1. The number of hydrogen-bond acceptors (Lipinski definition) is 5. The van der Waals surface area contributed by atoms with Gasteiger partial charge < -0.3 is 15.0 Å². The van der Waals surface area contributed by atoms with Gasteiger partial charge >= 0.3 is 0 Å². The minimum atomic E-state index is -4.10. The third-order valence-electron chi connectivity index (χ3n) is 7.54. The number of carbonyl (C=O) groups is 2. The molecule has 0 aliphatic heterocycles. The molecule has 2 amide bonds. The van der Waals surface area contributed by atoms with Crippen LogP contribution in [0.3, 0.4) is 0 Å². The Morgan fingerprint density at radius 3 is 2.12 bits per heavy atom. The Hall–Kier alpha value is -3.85. The van der Waals surface area contributed by atoms with E-state index in [0.717, 1.165) is 35.6 Å². The third kappa shape index (κ3) is 7.67. The summed E-state index contributed by atoms with van der Waals surface area (Å²) in [7, 11) is -2.57. The van der Waals surface area contributed by atoms with Crippen LogP contribution in [0, 0.1) is 0 Å². The quantitative estimate of drug-likeness (QED) is 0.315. The molecule has 1 unspecified atom stereocenters. The van der Waals surface area contributed by atoms with Gasteiger partial charge in [0.05, 0.1) is 17.7 Å². The molecule has 1 saturated carbocycles. The van der Waals surface area contributed by atoms with Crippen LogP contribution in [0.1, 0.15) is 44.6 Å². The largest absolute Gasteiger partial charge is 0.497 e. The van der Waals surface area contributed by atoms with Crippen LogP contribution in [-0.2, 0) is 26.0 Å². The molecule has 1 fully saturated rings. The standard InChI is InChI=1S/C32H39N3O5S/c1-3-30(32(37)33-26-14-10-11-15-26)34(23-22-25-12-6-4-7-13-25)31(36)24-35(27-18-20-28(40-2)21-19-27)41(38,39)29-16-8-5-9-17-29/h4-9,12-13,16-21,26,30H,3,10-11,14-15,22-24H2,1-2H3,(H,33,37). The molecular weight excluding hydrogens is 538 g/mol. The molecule has 1 aliphatic carbocycles. The summed E-state index contributed by atoms with van der Waals surface area (Å²) < 4.78 is 34.1. The minimum Gasteiger partial charge on any atom is -0.497 e. The Morgan fingerprint density at radius 1 is 0.927 bits per heavy atom. The molecule has 0 saturated heterocycles. The summed E-state index contributed by atoms with van der Waals surface area (Å²) in [5.41, 5.74) is 1.36. The van der Waals surface area contributed by atoms with Crippen molar-refractivity contribution in [2.45, 2.75) is 62.4 Å². The van der Waals surface area contributed by atoms with Gasteiger partial charge in [-0.2, -0.15) is 0 Å². The van der Waals surface area contributed by atoms with Crippen molar-refractivity contribution in [2.24, 2.45) is 0 Å². The molecule has 9 heteroatoms. The van der Waals surface area contributed by atoms with E-state index in [9.17, 15) is 18.0 Å². The van der Waals surface area contributed by atoms with Gasteiger partial charge in [-0.05, 0) is 67.6 Å². The lowest BCUT2D eigenvalue weighted by atomic mass is 10.1. The second-order valence-corrected chi connectivity index (χ2v) is 12.1. The van der Waals surface area contributed by atoms with E-state index in [1.807, 2.05) is 37.3 Å². The molecule has 1 atom stereocenters. The van der Waals surface area contributed by atoms with E-state index < -0.39 is 28.5 Å². The molecule has 3 aromatic rings. The molecule has 0 spiro atoms. The Balaban J connectivity index is 1.66. The number of nitrogens with one attached hydrogen (secondary N) is 1. The first-order chi connectivity index (χ1) is 19.8. The first-order valence-electron chi connectivity index (χ1n) is 14.2. The number of ether oxygens (including phenoxy) is 1. The van der Waals surface area contributed by atoms with Crippen molar-refractivity contribution in [3.05, 3.63) is 90.5 Å². The maximum atomic E-state index is 14.1. The first-order valence-corrected chi connectivity index (χ1v) is 15.6. The summed E-state index contributed by atoms with van der Waals surface area (Å²) in [5, 5.41) is 3.14. The monoisotopic (exact) mass is 577 g/mol. The lowest BCUT2D eigenvalue weighted by Gasteiger charge is -2.33. The lowest BCUT2D eigenvalue weighted by molar-refractivity contribution is -0.139. The predicted octanol–water partition coefficient (Wildman–Crippen LogP) is 4.80. The summed E-state index contributed by atoms with van der Waals surface area (Å²) >= 11 is 0. The van der Waals surface area contributed by atoms with Gasteiger partial charge in [0.2, 0.25) is 11.8 Å². The number of amides is 2. The topological polar surface area (TPSA) is 96.0 Å². The van der Waals surface area contributed by atoms with Gasteiger partial charge in [-0.1, -0.05) is 68.3 Å². The zero-order valence-corrected chi connectivity index (χ0v) is 24.6. The maximum absolute atomic E-state index is 14.1. The Bertz CT molecular complexity index is 1380. The van der Waals surface area contributed by atoms with Crippen molar-refractivity contribution < 1.29 is 22.7 Å². The molecule has 0 bridgehead atoms. The van der Waals surface area contributed by atoms with Gasteiger partial charge in [-0.3, -0.25) is 13.9 Å². The summed E-state index contributed by atoms with van der Waals surface area (Å²) in [6.07, 6.45) is 4.96. The van der Waals surface area contributed by atoms with E-state index in [2.05, 4.69) is 5.32 Å². The van der Waals surface area contributed by atoms with Crippen molar-refractivity contribution in [1.29, 1.82) is 0 Å². The number of sulfonamides is 1. The molecule has 0 aromatic heterocycles. The van der Waals surface area contributed by atoms with E-state index in [-0.39, 0.29) is 23.4 Å². The van der Waals surface area contributed by atoms with Crippen LogP contribution in [0.15, 0.2) is 89.8 Å². The summed E-state index contributed by atoms with van der Waals surface area (Å²) in [6.45, 7) is 1.70. The summed E-state index contributed by atoms with van der Waals surface area (Å²) in [4.78, 5) is 29.2. The van der Waals surface area contributed by atoms with Gasteiger partial charge in [0.25, 0.3) is 10.0 Å². The minimum absolute atomic E-state index is 0.0745. The van der Waals surface area contributed by atoms with Crippen molar-refractivity contribution in [3.8, 4) is 5.75 Å². The van der Waals surface area contributed by atoms with Gasteiger partial charge in [0, 0.05) is 12.6 Å². The fourth-order valence-electron chi connectivity index (χ4n) is 5.26. The first kappa shape index (κ1) is 30.1. The second-order valence-electron chi connectivity index (χ2n) is 10.3. The average Bonchev–Trinajstić information content (AvgIpc) is 3.51. The van der Waals surface area contributed by atoms with Gasteiger partial charge in [-0.15, -0.1) is 0 Å². The maximum Gasteiger partial charge on any atom is 0.264 e. The highest BCUT2D eigenvalue weighted by Crippen LogP contribution is 2.26. The molecule has 0 heterocycles. The van der Waals surface area contributed by atoms with Crippen LogP contribution in [0.5, 0.6) is 5.75 Å². The van der Waals surface area contributed by atoms with Crippen LogP contribution in [0.2, 0.25) is 0 Å². The van der Waals surface area contributed by atoms with E-state index in [1.54, 1.807) is 47.4 Å². The van der Waals surface area contributed by atoms with Crippen molar-refractivity contribution in [1.82, 2.24) is 10.2 Å². The number of rotatable bonds is 13. The smallest absolute Gasteiger partial charge is 0.264 e. The van der Waals surface area contributed by atoms with E-state index in [1.165, 1.54) is 19.2 Å². The second kappa shape index (κ2) is 14.2.